The van der Waals surface area contributed by atoms with Crippen molar-refractivity contribution in [2.45, 2.75) is 19.9 Å². The molecule has 0 aliphatic heterocycles. The molecule has 0 unspecified atom stereocenters. The van der Waals surface area contributed by atoms with Gasteiger partial charge in [-0.3, -0.25) is 9.78 Å². The number of pyridine rings is 1. The average molecular weight is 315 g/mol. The van der Waals surface area contributed by atoms with Gasteiger partial charge in [-0.05, 0) is 48.4 Å². The van der Waals surface area contributed by atoms with Crippen molar-refractivity contribution < 1.29 is 9.90 Å². The summed E-state index contributed by atoms with van der Waals surface area (Å²) in [5.74, 6) is -0.848. The van der Waals surface area contributed by atoms with E-state index in [9.17, 15) is 4.79 Å². The monoisotopic (exact) mass is 314 g/mol. The van der Waals surface area contributed by atoms with Gasteiger partial charge in [0.05, 0.1) is 6.42 Å². The number of hydrogen-bond acceptors (Lipinski definition) is 2. The quantitative estimate of drug-likeness (QED) is 0.799. The van der Waals surface area contributed by atoms with Crippen molar-refractivity contribution in [2.75, 3.05) is 0 Å². The predicted molar refractivity (Wildman–Crippen MR) is 86.4 cm³/mol. The van der Waals surface area contributed by atoms with Crippen LogP contribution in [0.25, 0.3) is 10.9 Å². The van der Waals surface area contributed by atoms with Gasteiger partial charge in [0.15, 0.2) is 0 Å². The first-order chi connectivity index (χ1) is 10.5. The maximum atomic E-state index is 11.1. The first kappa shape index (κ1) is 14.6. The molecule has 0 saturated carbocycles. The first-order valence-corrected chi connectivity index (χ1v) is 7.31. The minimum absolute atomic E-state index is 0.0147. The molecule has 2 aromatic heterocycles. The van der Waals surface area contributed by atoms with Crippen LogP contribution < -0.4 is 0 Å². The average Bonchev–Trinajstić information content (AvgIpc) is 2.75. The van der Waals surface area contributed by atoms with E-state index in [1.165, 1.54) is 0 Å². The van der Waals surface area contributed by atoms with Gasteiger partial charge in [-0.1, -0.05) is 11.6 Å². The lowest BCUT2D eigenvalue weighted by Gasteiger charge is -2.06. The summed E-state index contributed by atoms with van der Waals surface area (Å²) in [5.41, 5.74) is 3.84. The Hall–Kier alpha value is -2.33. The third kappa shape index (κ3) is 2.97. The maximum absolute atomic E-state index is 11.1. The van der Waals surface area contributed by atoms with Crippen LogP contribution in [0.15, 0.2) is 42.7 Å². The van der Waals surface area contributed by atoms with Crippen LogP contribution in [0.2, 0.25) is 5.02 Å². The zero-order valence-electron chi connectivity index (χ0n) is 12.1. The Morgan fingerprint density at radius 2 is 2.14 bits per heavy atom. The van der Waals surface area contributed by atoms with Gasteiger partial charge in [0.2, 0.25) is 0 Å². The Labute approximate surface area is 133 Å². The number of hydrogen-bond donors (Lipinski definition) is 1. The second-order valence-electron chi connectivity index (χ2n) is 5.32. The molecule has 0 aliphatic carbocycles. The number of aromatic nitrogens is 2. The van der Waals surface area contributed by atoms with Crippen LogP contribution in [0.5, 0.6) is 0 Å². The molecular formula is C17H15ClN2O2. The number of carboxylic acids is 1. The van der Waals surface area contributed by atoms with E-state index in [1.807, 2.05) is 43.5 Å². The van der Waals surface area contributed by atoms with Gasteiger partial charge in [-0.25, -0.2) is 0 Å². The van der Waals surface area contributed by atoms with E-state index in [4.69, 9.17) is 16.7 Å². The lowest BCUT2D eigenvalue weighted by molar-refractivity contribution is -0.136. The first-order valence-electron chi connectivity index (χ1n) is 6.93. The SMILES string of the molecule is Cc1cc(Cn2cc(CC(=O)O)c3cc(Cl)ccc32)ccn1. The number of carbonyl (C=O) groups is 1. The number of nitrogens with zero attached hydrogens (tertiary/aromatic N) is 2. The number of fused-ring (bicyclic) bond motifs is 1. The molecule has 0 bridgehead atoms. The Bertz CT molecular complexity index is 855. The van der Waals surface area contributed by atoms with Crippen molar-refractivity contribution in [1.82, 2.24) is 9.55 Å². The lowest BCUT2D eigenvalue weighted by Crippen LogP contribution is -2.00. The number of rotatable bonds is 4. The summed E-state index contributed by atoms with van der Waals surface area (Å²) in [6.45, 7) is 2.62. The molecule has 4 nitrogen and oxygen atoms in total. The molecule has 3 rings (SSSR count). The fourth-order valence-electron chi connectivity index (χ4n) is 2.68. The molecule has 0 amide bonds. The largest absolute Gasteiger partial charge is 0.481 e. The fourth-order valence-corrected chi connectivity index (χ4v) is 2.85. The zero-order valence-corrected chi connectivity index (χ0v) is 12.8. The molecule has 5 heteroatoms. The molecule has 2 heterocycles. The van der Waals surface area contributed by atoms with Crippen LogP contribution in [-0.2, 0) is 17.8 Å². The third-order valence-electron chi connectivity index (χ3n) is 3.58. The highest BCUT2D eigenvalue weighted by Gasteiger charge is 2.12. The molecule has 0 aliphatic rings. The number of aliphatic carboxylic acids is 1. The second kappa shape index (κ2) is 5.81. The van der Waals surface area contributed by atoms with E-state index in [0.717, 1.165) is 27.7 Å². The Morgan fingerprint density at radius 1 is 1.32 bits per heavy atom. The van der Waals surface area contributed by atoms with Crippen molar-refractivity contribution in [2.24, 2.45) is 0 Å². The zero-order chi connectivity index (χ0) is 15.7. The standard InChI is InChI=1S/C17H15ClN2O2/c1-11-6-12(4-5-19-11)9-20-10-13(7-17(21)22)15-8-14(18)2-3-16(15)20/h2-6,8,10H,7,9H2,1H3,(H,21,22). The van der Waals surface area contributed by atoms with Crippen molar-refractivity contribution >= 4 is 28.5 Å². The molecule has 22 heavy (non-hydrogen) atoms. The highest BCUT2D eigenvalue weighted by Crippen LogP contribution is 2.26. The number of benzene rings is 1. The summed E-state index contributed by atoms with van der Waals surface area (Å²) < 4.78 is 2.05. The van der Waals surface area contributed by atoms with Crippen molar-refractivity contribution in [3.63, 3.8) is 0 Å². The number of aryl methyl sites for hydroxylation is 1. The molecule has 0 spiro atoms. The molecule has 1 N–H and O–H groups in total. The topological polar surface area (TPSA) is 55.1 Å². The van der Waals surface area contributed by atoms with E-state index >= 15 is 0 Å². The van der Waals surface area contributed by atoms with Crippen LogP contribution in [0.3, 0.4) is 0 Å². The van der Waals surface area contributed by atoms with Gasteiger partial charge in [0.1, 0.15) is 0 Å². The predicted octanol–water partition coefficient (Wildman–Crippen LogP) is 3.67. The van der Waals surface area contributed by atoms with Gasteiger partial charge in [-0.15, -0.1) is 0 Å². The Balaban J connectivity index is 2.07. The van der Waals surface area contributed by atoms with Gasteiger partial charge >= 0.3 is 5.97 Å². The van der Waals surface area contributed by atoms with Crippen LogP contribution in [0.1, 0.15) is 16.8 Å². The molecule has 3 aromatic rings. The van der Waals surface area contributed by atoms with Crippen LogP contribution in [-0.4, -0.2) is 20.6 Å². The highest BCUT2D eigenvalue weighted by molar-refractivity contribution is 6.31. The lowest BCUT2D eigenvalue weighted by atomic mass is 10.1. The van der Waals surface area contributed by atoms with Gasteiger partial charge in [0, 0.05) is 40.6 Å². The van der Waals surface area contributed by atoms with E-state index in [1.54, 1.807) is 6.20 Å². The maximum Gasteiger partial charge on any atom is 0.307 e. The molecule has 0 atom stereocenters. The fraction of sp³-hybridized carbons (Fsp3) is 0.176. The Kier molecular flexibility index (Phi) is 3.86. The summed E-state index contributed by atoms with van der Waals surface area (Å²) in [4.78, 5) is 15.3. The van der Waals surface area contributed by atoms with Gasteiger partial charge < -0.3 is 9.67 Å². The minimum Gasteiger partial charge on any atom is -0.481 e. The molecular weight excluding hydrogens is 300 g/mol. The Morgan fingerprint density at radius 3 is 2.86 bits per heavy atom. The molecule has 1 aromatic carbocycles. The van der Waals surface area contributed by atoms with E-state index in [2.05, 4.69) is 9.55 Å². The summed E-state index contributed by atoms with van der Waals surface area (Å²) in [5, 5.41) is 10.6. The van der Waals surface area contributed by atoms with E-state index in [0.29, 0.717) is 11.6 Å². The summed E-state index contributed by atoms with van der Waals surface area (Å²) in [6.07, 6.45) is 3.66. The highest BCUT2D eigenvalue weighted by atomic mass is 35.5. The third-order valence-corrected chi connectivity index (χ3v) is 3.82. The van der Waals surface area contributed by atoms with Gasteiger partial charge in [0.25, 0.3) is 0 Å². The van der Waals surface area contributed by atoms with Crippen molar-refractivity contribution in [3.8, 4) is 0 Å². The van der Waals surface area contributed by atoms with Crippen LogP contribution >= 0.6 is 11.6 Å². The molecule has 0 fully saturated rings. The summed E-state index contributed by atoms with van der Waals surface area (Å²) in [6, 6.07) is 9.56. The van der Waals surface area contributed by atoms with Crippen LogP contribution in [0, 0.1) is 6.92 Å². The minimum atomic E-state index is -0.848. The normalized spacial score (nSPS) is 11.0. The molecule has 0 saturated heterocycles. The number of carboxylic acid groups (broad SMARTS) is 1. The van der Waals surface area contributed by atoms with Gasteiger partial charge in [-0.2, -0.15) is 0 Å². The molecule has 112 valence electrons. The van der Waals surface area contributed by atoms with Crippen molar-refractivity contribution in [3.05, 3.63) is 64.6 Å². The smallest absolute Gasteiger partial charge is 0.307 e. The number of halogens is 1. The van der Waals surface area contributed by atoms with E-state index < -0.39 is 5.97 Å². The van der Waals surface area contributed by atoms with Crippen molar-refractivity contribution in [1.29, 1.82) is 0 Å². The van der Waals surface area contributed by atoms with E-state index in [-0.39, 0.29) is 6.42 Å². The molecule has 0 radical (unpaired) electrons. The van der Waals surface area contributed by atoms with Crippen LogP contribution in [0.4, 0.5) is 0 Å². The summed E-state index contributed by atoms with van der Waals surface area (Å²) in [7, 11) is 0. The summed E-state index contributed by atoms with van der Waals surface area (Å²) >= 11 is 6.05. The second-order valence-corrected chi connectivity index (χ2v) is 5.76.